The smallest absolute Gasteiger partial charge is 0.0570 e. The van der Waals surface area contributed by atoms with Crippen LogP contribution in [0.3, 0.4) is 0 Å². The molecule has 100 valence electrons. The summed E-state index contributed by atoms with van der Waals surface area (Å²) in [5.74, 6) is 0. The van der Waals surface area contributed by atoms with E-state index >= 15 is 0 Å². The van der Waals surface area contributed by atoms with E-state index in [0.29, 0.717) is 12.6 Å². The summed E-state index contributed by atoms with van der Waals surface area (Å²) in [7, 11) is 0. The van der Waals surface area contributed by atoms with E-state index in [1.165, 1.54) is 20.9 Å². The van der Waals surface area contributed by atoms with Crippen LogP contribution in [-0.4, -0.2) is 11.4 Å². The van der Waals surface area contributed by atoms with Crippen molar-refractivity contribution in [2.45, 2.75) is 32.5 Å². The Hall–Kier alpha value is -1.16. The first kappa shape index (κ1) is 12.9. The molecule has 0 fully saturated rings. The summed E-state index contributed by atoms with van der Waals surface area (Å²) in [6.45, 7) is 4.95. The molecule has 3 heteroatoms. The molecule has 1 aromatic carbocycles. The lowest BCUT2D eigenvalue weighted by atomic mass is 10.1. The van der Waals surface area contributed by atoms with Gasteiger partial charge in [0, 0.05) is 29.4 Å². The van der Waals surface area contributed by atoms with E-state index in [-0.39, 0.29) is 0 Å². The molecule has 1 atom stereocenters. The van der Waals surface area contributed by atoms with E-state index in [9.17, 15) is 0 Å². The second-order valence-electron chi connectivity index (χ2n) is 5.08. The Bertz CT molecular complexity index is 536. The van der Waals surface area contributed by atoms with Crippen LogP contribution < -0.4 is 5.73 Å². The van der Waals surface area contributed by atoms with Crippen molar-refractivity contribution >= 4 is 11.3 Å². The molecular formula is C16H20N2S. The standard InChI is InChI=1S/C16H20N2S/c1-2-14-7-8-16(19-14)15(9-17)18-10-12-5-3-4-6-13(12)11-18/h3-8,15H,2,9-11,17H2,1H3. The van der Waals surface area contributed by atoms with Crippen molar-refractivity contribution in [3.05, 3.63) is 57.3 Å². The Kier molecular flexibility index (Phi) is 3.69. The number of thiophene rings is 1. The Morgan fingerprint density at radius 3 is 2.37 bits per heavy atom. The van der Waals surface area contributed by atoms with Crippen LogP contribution in [0.25, 0.3) is 0 Å². The van der Waals surface area contributed by atoms with Crippen molar-refractivity contribution in [2.75, 3.05) is 6.54 Å². The molecule has 0 saturated heterocycles. The number of nitrogens with two attached hydrogens (primary N) is 1. The third kappa shape index (κ3) is 2.46. The molecule has 3 rings (SSSR count). The minimum Gasteiger partial charge on any atom is -0.329 e. The van der Waals surface area contributed by atoms with E-state index in [0.717, 1.165) is 19.5 Å². The van der Waals surface area contributed by atoms with Gasteiger partial charge in [-0.1, -0.05) is 31.2 Å². The lowest BCUT2D eigenvalue weighted by Crippen LogP contribution is -2.28. The number of rotatable bonds is 4. The van der Waals surface area contributed by atoms with Gasteiger partial charge < -0.3 is 5.73 Å². The molecule has 1 aliphatic rings. The predicted octanol–water partition coefficient (Wildman–Crippen LogP) is 3.33. The van der Waals surface area contributed by atoms with E-state index < -0.39 is 0 Å². The molecule has 2 aromatic rings. The zero-order valence-corrected chi connectivity index (χ0v) is 12.1. The van der Waals surface area contributed by atoms with Gasteiger partial charge in [-0.2, -0.15) is 0 Å². The van der Waals surface area contributed by atoms with Gasteiger partial charge in [0.1, 0.15) is 0 Å². The summed E-state index contributed by atoms with van der Waals surface area (Å²) in [6, 6.07) is 13.6. The number of nitrogens with zero attached hydrogens (tertiary/aromatic N) is 1. The molecule has 0 amide bonds. The molecule has 1 aromatic heterocycles. The maximum atomic E-state index is 6.04. The summed E-state index contributed by atoms with van der Waals surface area (Å²) in [5, 5.41) is 0. The highest BCUT2D eigenvalue weighted by molar-refractivity contribution is 7.12. The first-order chi connectivity index (χ1) is 9.31. The van der Waals surface area contributed by atoms with E-state index in [1.54, 1.807) is 0 Å². The van der Waals surface area contributed by atoms with Gasteiger partial charge in [0.25, 0.3) is 0 Å². The molecule has 1 aliphatic heterocycles. The third-order valence-corrected chi connectivity index (χ3v) is 5.22. The molecule has 2 N–H and O–H groups in total. The Balaban J connectivity index is 1.81. The number of fused-ring (bicyclic) bond motifs is 1. The van der Waals surface area contributed by atoms with Crippen LogP contribution >= 0.6 is 11.3 Å². The fraction of sp³-hybridized carbons (Fsp3) is 0.375. The van der Waals surface area contributed by atoms with Crippen molar-refractivity contribution in [1.29, 1.82) is 0 Å². The van der Waals surface area contributed by atoms with Crippen molar-refractivity contribution in [3.8, 4) is 0 Å². The van der Waals surface area contributed by atoms with E-state index in [1.807, 2.05) is 11.3 Å². The quantitative estimate of drug-likeness (QED) is 0.925. The van der Waals surface area contributed by atoms with Gasteiger partial charge in [0.15, 0.2) is 0 Å². The summed E-state index contributed by atoms with van der Waals surface area (Å²) in [6.07, 6.45) is 1.11. The first-order valence-corrected chi connectivity index (χ1v) is 7.73. The highest BCUT2D eigenvalue weighted by Crippen LogP contribution is 2.33. The lowest BCUT2D eigenvalue weighted by Gasteiger charge is -2.25. The number of aryl methyl sites for hydroxylation is 1. The van der Waals surface area contributed by atoms with Crippen LogP contribution in [0.4, 0.5) is 0 Å². The summed E-state index contributed by atoms with van der Waals surface area (Å²) in [5.41, 5.74) is 8.94. The fourth-order valence-corrected chi connectivity index (χ4v) is 3.89. The Labute approximate surface area is 118 Å². The van der Waals surface area contributed by atoms with Crippen molar-refractivity contribution in [3.63, 3.8) is 0 Å². The minimum atomic E-state index is 0.359. The zero-order valence-electron chi connectivity index (χ0n) is 11.3. The molecular weight excluding hydrogens is 252 g/mol. The highest BCUT2D eigenvalue weighted by atomic mass is 32.1. The van der Waals surface area contributed by atoms with Gasteiger partial charge >= 0.3 is 0 Å². The van der Waals surface area contributed by atoms with Gasteiger partial charge in [-0.25, -0.2) is 0 Å². The first-order valence-electron chi connectivity index (χ1n) is 6.91. The molecule has 19 heavy (non-hydrogen) atoms. The molecule has 0 spiro atoms. The average Bonchev–Trinajstić information content (AvgIpc) is 3.05. The molecule has 0 aliphatic carbocycles. The van der Waals surface area contributed by atoms with Crippen LogP contribution in [0.15, 0.2) is 36.4 Å². The highest BCUT2D eigenvalue weighted by Gasteiger charge is 2.26. The number of hydrogen-bond acceptors (Lipinski definition) is 3. The van der Waals surface area contributed by atoms with Crippen molar-refractivity contribution in [2.24, 2.45) is 5.73 Å². The molecule has 0 radical (unpaired) electrons. The summed E-state index contributed by atoms with van der Waals surface area (Å²) < 4.78 is 0. The number of hydrogen-bond donors (Lipinski definition) is 1. The minimum absolute atomic E-state index is 0.359. The second-order valence-corrected chi connectivity index (χ2v) is 6.28. The molecule has 0 saturated carbocycles. The van der Waals surface area contributed by atoms with Gasteiger partial charge in [0.05, 0.1) is 6.04 Å². The molecule has 1 unspecified atom stereocenters. The third-order valence-electron chi connectivity index (χ3n) is 3.89. The SMILES string of the molecule is CCc1ccc(C(CN)N2Cc3ccccc3C2)s1. The van der Waals surface area contributed by atoms with Crippen LogP contribution in [0, 0.1) is 0 Å². The van der Waals surface area contributed by atoms with Gasteiger partial charge in [-0.05, 0) is 29.7 Å². The van der Waals surface area contributed by atoms with Crippen molar-refractivity contribution < 1.29 is 0 Å². The average molecular weight is 272 g/mol. The zero-order chi connectivity index (χ0) is 13.2. The number of benzene rings is 1. The normalized spacial score (nSPS) is 16.5. The fourth-order valence-electron chi connectivity index (χ4n) is 2.79. The Morgan fingerprint density at radius 2 is 1.84 bits per heavy atom. The van der Waals surface area contributed by atoms with Crippen molar-refractivity contribution in [1.82, 2.24) is 4.90 Å². The predicted molar refractivity (Wildman–Crippen MR) is 81.2 cm³/mol. The molecule has 2 nitrogen and oxygen atoms in total. The summed E-state index contributed by atoms with van der Waals surface area (Å²) in [4.78, 5) is 5.35. The van der Waals surface area contributed by atoms with Crippen LogP contribution in [-0.2, 0) is 19.5 Å². The Morgan fingerprint density at radius 1 is 1.16 bits per heavy atom. The second kappa shape index (κ2) is 5.45. The van der Waals surface area contributed by atoms with E-state index in [4.69, 9.17) is 5.73 Å². The maximum Gasteiger partial charge on any atom is 0.0570 e. The van der Waals surface area contributed by atoms with E-state index in [2.05, 4.69) is 48.2 Å². The van der Waals surface area contributed by atoms with Gasteiger partial charge in [-0.15, -0.1) is 11.3 Å². The molecule has 2 heterocycles. The van der Waals surface area contributed by atoms with Crippen LogP contribution in [0.1, 0.15) is 33.8 Å². The largest absolute Gasteiger partial charge is 0.329 e. The van der Waals surface area contributed by atoms with Crippen LogP contribution in [0.5, 0.6) is 0 Å². The molecule has 0 bridgehead atoms. The summed E-state index contributed by atoms with van der Waals surface area (Å²) >= 11 is 1.91. The lowest BCUT2D eigenvalue weighted by molar-refractivity contribution is 0.208. The van der Waals surface area contributed by atoms with Gasteiger partial charge in [0.2, 0.25) is 0 Å². The monoisotopic (exact) mass is 272 g/mol. The topological polar surface area (TPSA) is 29.3 Å². The maximum absolute atomic E-state index is 6.04. The van der Waals surface area contributed by atoms with Crippen LogP contribution in [0.2, 0.25) is 0 Å². The van der Waals surface area contributed by atoms with Gasteiger partial charge in [-0.3, -0.25) is 4.90 Å².